The maximum absolute atomic E-state index is 12.8. The number of piperidine rings is 1. The molecule has 126 valence electrons. The van der Waals surface area contributed by atoms with Crippen LogP contribution < -0.4 is 0 Å². The van der Waals surface area contributed by atoms with E-state index >= 15 is 0 Å². The fourth-order valence-corrected chi connectivity index (χ4v) is 3.60. The van der Waals surface area contributed by atoms with Gasteiger partial charge in [0, 0.05) is 36.0 Å². The van der Waals surface area contributed by atoms with Crippen LogP contribution in [0, 0.1) is 12.3 Å². The van der Waals surface area contributed by atoms with Crippen LogP contribution in [0.1, 0.15) is 34.5 Å². The summed E-state index contributed by atoms with van der Waals surface area (Å²) >= 11 is 0. The van der Waals surface area contributed by atoms with Crippen LogP contribution in [-0.2, 0) is 6.42 Å². The summed E-state index contributed by atoms with van der Waals surface area (Å²) in [4.78, 5) is 18.9. The molecule has 1 aromatic carbocycles. The Labute approximate surface area is 143 Å². The van der Waals surface area contributed by atoms with Crippen molar-refractivity contribution in [1.29, 1.82) is 0 Å². The van der Waals surface area contributed by atoms with E-state index in [1.165, 1.54) is 5.56 Å². The lowest BCUT2D eigenvalue weighted by Gasteiger charge is -2.42. The Kier molecular flexibility index (Phi) is 4.95. The Morgan fingerprint density at radius 3 is 2.79 bits per heavy atom. The zero-order valence-electron chi connectivity index (χ0n) is 14.1. The number of likely N-dealkylation sites (tertiary alicyclic amines) is 1. The monoisotopic (exact) mass is 324 g/mol. The van der Waals surface area contributed by atoms with Crippen molar-refractivity contribution in [1.82, 2.24) is 9.88 Å². The largest absolute Gasteiger partial charge is 0.396 e. The highest BCUT2D eigenvalue weighted by atomic mass is 16.3. The van der Waals surface area contributed by atoms with E-state index in [4.69, 9.17) is 0 Å². The van der Waals surface area contributed by atoms with Crippen molar-refractivity contribution in [2.45, 2.75) is 26.2 Å². The molecule has 0 aliphatic carbocycles. The SMILES string of the molecule is Cc1cc(C(=O)N2CCCC(CO)(Cc3ccccc3)C2)ccn1. The molecule has 0 radical (unpaired) electrons. The first kappa shape index (κ1) is 16.7. The number of aromatic nitrogens is 1. The highest BCUT2D eigenvalue weighted by Crippen LogP contribution is 2.34. The van der Waals surface area contributed by atoms with Crippen LogP contribution in [0.5, 0.6) is 0 Å². The van der Waals surface area contributed by atoms with Gasteiger partial charge in [-0.15, -0.1) is 0 Å². The lowest BCUT2D eigenvalue weighted by Crippen LogP contribution is -2.49. The third-order valence-electron chi connectivity index (χ3n) is 4.85. The second-order valence-electron chi connectivity index (χ2n) is 6.84. The van der Waals surface area contributed by atoms with Gasteiger partial charge in [-0.1, -0.05) is 30.3 Å². The molecule has 1 aliphatic rings. The van der Waals surface area contributed by atoms with Crippen LogP contribution in [0.15, 0.2) is 48.7 Å². The van der Waals surface area contributed by atoms with E-state index in [9.17, 15) is 9.90 Å². The normalized spacial score (nSPS) is 20.8. The van der Waals surface area contributed by atoms with Crippen molar-refractivity contribution in [3.05, 3.63) is 65.5 Å². The molecule has 1 aliphatic heterocycles. The molecule has 2 aromatic rings. The molecule has 1 aromatic heterocycles. The van der Waals surface area contributed by atoms with Gasteiger partial charge in [0.2, 0.25) is 0 Å². The first-order valence-electron chi connectivity index (χ1n) is 8.49. The Morgan fingerprint density at radius 2 is 2.08 bits per heavy atom. The van der Waals surface area contributed by atoms with Gasteiger partial charge in [-0.2, -0.15) is 0 Å². The molecule has 1 N–H and O–H groups in total. The van der Waals surface area contributed by atoms with Crippen molar-refractivity contribution < 1.29 is 9.90 Å². The number of nitrogens with zero attached hydrogens (tertiary/aromatic N) is 2. The molecule has 1 atom stereocenters. The van der Waals surface area contributed by atoms with Crippen molar-refractivity contribution in [3.8, 4) is 0 Å². The lowest BCUT2D eigenvalue weighted by molar-refractivity contribution is 0.0271. The summed E-state index contributed by atoms with van der Waals surface area (Å²) in [6, 6.07) is 13.8. The number of carbonyl (C=O) groups excluding carboxylic acids is 1. The van der Waals surface area contributed by atoms with Crippen LogP contribution in [-0.4, -0.2) is 40.6 Å². The van der Waals surface area contributed by atoms with Crippen molar-refractivity contribution >= 4 is 5.91 Å². The lowest BCUT2D eigenvalue weighted by atomic mass is 9.75. The standard InChI is InChI=1S/C20H24N2O2/c1-16-12-18(8-10-21-16)19(24)22-11-5-9-20(14-22,15-23)13-17-6-3-2-4-7-17/h2-4,6-8,10,12,23H,5,9,11,13-15H2,1H3. The number of aliphatic hydroxyl groups excluding tert-OH is 1. The fourth-order valence-electron chi connectivity index (χ4n) is 3.60. The van der Waals surface area contributed by atoms with Crippen LogP contribution in [0.4, 0.5) is 0 Å². The Hall–Kier alpha value is -2.20. The molecule has 4 nitrogen and oxygen atoms in total. The van der Waals surface area contributed by atoms with Crippen molar-refractivity contribution in [3.63, 3.8) is 0 Å². The van der Waals surface area contributed by atoms with Crippen LogP contribution in [0.25, 0.3) is 0 Å². The third-order valence-corrected chi connectivity index (χ3v) is 4.85. The van der Waals surface area contributed by atoms with E-state index in [2.05, 4.69) is 17.1 Å². The number of carbonyl (C=O) groups is 1. The summed E-state index contributed by atoms with van der Waals surface area (Å²) in [6.45, 7) is 3.33. The minimum Gasteiger partial charge on any atom is -0.396 e. The average molecular weight is 324 g/mol. The van der Waals surface area contributed by atoms with Gasteiger partial charge in [-0.05, 0) is 43.9 Å². The molecule has 1 saturated heterocycles. The molecule has 0 spiro atoms. The molecule has 0 bridgehead atoms. The highest BCUT2D eigenvalue weighted by Gasteiger charge is 2.37. The van der Waals surface area contributed by atoms with Gasteiger partial charge in [0.15, 0.2) is 0 Å². The number of amides is 1. The number of hydrogen-bond donors (Lipinski definition) is 1. The van der Waals surface area contributed by atoms with Gasteiger partial charge in [0.25, 0.3) is 5.91 Å². The molecule has 1 amide bonds. The highest BCUT2D eigenvalue weighted by molar-refractivity contribution is 5.94. The van der Waals surface area contributed by atoms with E-state index in [1.54, 1.807) is 12.3 Å². The summed E-state index contributed by atoms with van der Waals surface area (Å²) < 4.78 is 0. The number of hydrogen-bond acceptors (Lipinski definition) is 3. The third kappa shape index (κ3) is 3.65. The minimum absolute atomic E-state index is 0.0334. The Bertz CT molecular complexity index is 702. The Balaban J connectivity index is 1.78. The Morgan fingerprint density at radius 1 is 1.29 bits per heavy atom. The first-order valence-corrected chi connectivity index (χ1v) is 8.49. The molecule has 4 heteroatoms. The molecule has 3 rings (SSSR count). The van der Waals surface area contributed by atoms with E-state index in [0.29, 0.717) is 12.1 Å². The van der Waals surface area contributed by atoms with Gasteiger partial charge in [-0.3, -0.25) is 9.78 Å². The zero-order chi connectivity index (χ0) is 17.0. The van der Waals surface area contributed by atoms with Crippen LogP contribution in [0.3, 0.4) is 0 Å². The number of aryl methyl sites for hydroxylation is 1. The van der Waals surface area contributed by atoms with Crippen LogP contribution in [0.2, 0.25) is 0 Å². The predicted molar refractivity (Wildman–Crippen MR) is 93.8 cm³/mol. The molecule has 0 saturated carbocycles. The summed E-state index contributed by atoms with van der Waals surface area (Å²) in [5.74, 6) is 0.0334. The van der Waals surface area contributed by atoms with Gasteiger partial charge in [0.1, 0.15) is 0 Å². The second-order valence-corrected chi connectivity index (χ2v) is 6.84. The van der Waals surface area contributed by atoms with E-state index in [0.717, 1.165) is 31.5 Å². The molecule has 24 heavy (non-hydrogen) atoms. The van der Waals surface area contributed by atoms with Gasteiger partial charge in [0.05, 0.1) is 6.61 Å². The maximum Gasteiger partial charge on any atom is 0.253 e. The number of aliphatic hydroxyl groups is 1. The molecule has 1 fully saturated rings. The summed E-state index contributed by atoms with van der Waals surface area (Å²) in [5, 5.41) is 10.1. The molecular weight excluding hydrogens is 300 g/mol. The maximum atomic E-state index is 12.8. The minimum atomic E-state index is -0.253. The van der Waals surface area contributed by atoms with Crippen LogP contribution >= 0.6 is 0 Å². The second kappa shape index (κ2) is 7.14. The number of benzene rings is 1. The smallest absolute Gasteiger partial charge is 0.253 e. The summed E-state index contributed by atoms with van der Waals surface area (Å²) in [5.41, 5.74) is 2.48. The zero-order valence-corrected chi connectivity index (χ0v) is 14.1. The van der Waals surface area contributed by atoms with Gasteiger partial charge < -0.3 is 10.0 Å². The van der Waals surface area contributed by atoms with E-state index in [1.807, 2.05) is 36.1 Å². The summed E-state index contributed by atoms with van der Waals surface area (Å²) in [7, 11) is 0. The van der Waals surface area contributed by atoms with E-state index < -0.39 is 0 Å². The first-order chi connectivity index (χ1) is 11.6. The molecule has 2 heterocycles. The average Bonchev–Trinajstić information content (AvgIpc) is 2.62. The number of pyridine rings is 1. The summed E-state index contributed by atoms with van der Waals surface area (Å²) in [6.07, 6.45) is 4.33. The van der Waals surface area contributed by atoms with E-state index in [-0.39, 0.29) is 17.9 Å². The van der Waals surface area contributed by atoms with Crippen molar-refractivity contribution in [2.24, 2.45) is 5.41 Å². The van der Waals surface area contributed by atoms with Gasteiger partial charge in [-0.25, -0.2) is 0 Å². The topological polar surface area (TPSA) is 53.4 Å². The number of rotatable bonds is 4. The quantitative estimate of drug-likeness (QED) is 0.941. The fraction of sp³-hybridized carbons (Fsp3) is 0.400. The predicted octanol–water partition coefficient (Wildman–Crippen LogP) is 2.85. The van der Waals surface area contributed by atoms with Gasteiger partial charge >= 0.3 is 0 Å². The molecular formula is C20H24N2O2. The molecule has 1 unspecified atom stereocenters. The van der Waals surface area contributed by atoms with Crippen molar-refractivity contribution in [2.75, 3.05) is 19.7 Å².